The molecule has 0 spiro atoms. The Kier molecular flexibility index (Phi) is 6.87. The molecule has 2 saturated heterocycles. The van der Waals surface area contributed by atoms with Gasteiger partial charge in [0.1, 0.15) is 0 Å². The highest BCUT2D eigenvalue weighted by atomic mass is 16.5. The van der Waals surface area contributed by atoms with Gasteiger partial charge in [-0.2, -0.15) is 5.10 Å². The van der Waals surface area contributed by atoms with E-state index in [0.29, 0.717) is 31.3 Å². The molecule has 1 atom stereocenters. The fourth-order valence-corrected chi connectivity index (χ4v) is 3.96. The van der Waals surface area contributed by atoms with Crippen molar-refractivity contribution in [1.82, 2.24) is 19.6 Å². The third-order valence-corrected chi connectivity index (χ3v) is 5.36. The van der Waals surface area contributed by atoms with Gasteiger partial charge in [0.25, 0.3) is 0 Å². The molecule has 0 saturated carbocycles. The van der Waals surface area contributed by atoms with E-state index >= 15 is 0 Å². The van der Waals surface area contributed by atoms with Crippen LogP contribution in [0.5, 0.6) is 0 Å². The summed E-state index contributed by atoms with van der Waals surface area (Å²) in [4.78, 5) is 17.4. The van der Waals surface area contributed by atoms with Gasteiger partial charge in [0.15, 0.2) is 0 Å². The maximum absolute atomic E-state index is 12.8. The number of carbonyl (C=O) groups is 1. The normalized spacial score (nSPS) is 23.6. The van der Waals surface area contributed by atoms with Gasteiger partial charge >= 0.3 is 0 Å². The molecule has 2 aliphatic rings. The lowest BCUT2D eigenvalue weighted by Crippen LogP contribution is -2.41. The molecule has 2 fully saturated rings. The van der Waals surface area contributed by atoms with Gasteiger partial charge < -0.3 is 14.5 Å². The summed E-state index contributed by atoms with van der Waals surface area (Å²) in [7, 11) is 0. The van der Waals surface area contributed by atoms with Crippen LogP contribution in [0.4, 0.5) is 0 Å². The molecule has 1 amide bonds. The van der Waals surface area contributed by atoms with E-state index in [0.717, 1.165) is 45.5 Å². The number of amides is 1. The predicted molar refractivity (Wildman–Crippen MR) is 97.2 cm³/mol. The summed E-state index contributed by atoms with van der Waals surface area (Å²) in [5.41, 5.74) is 0. The first-order valence-corrected chi connectivity index (χ1v) is 9.83. The number of aromatic nitrogens is 2. The van der Waals surface area contributed by atoms with E-state index in [1.54, 1.807) is 6.20 Å². The third kappa shape index (κ3) is 5.54. The molecule has 0 N–H and O–H groups in total. The fourth-order valence-electron chi connectivity index (χ4n) is 3.96. The van der Waals surface area contributed by atoms with Crippen LogP contribution in [0, 0.1) is 5.92 Å². The second-order valence-corrected chi connectivity index (χ2v) is 7.40. The van der Waals surface area contributed by atoms with E-state index < -0.39 is 0 Å². The van der Waals surface area contributed by atoms with Crippen LogP contribution in [0.1, 0.15) is 39.0 Å². The third-order valence-electron chi connectivity index (χ3n) is 5.36. The SMILES string of the molecule is CCCN1CCC(CC(=O)N2CCCO[C@@H](Cn3cccn3)C2)CC1. The Balaban J connectivity index is 1.47. The predicted octanol–water partition coefficient (Wildman–Crippen LogP) is 2.01. The average molecular weight is 348 g/mol. The molecule has 3 heterocycles. The molecule has 6 nitrogen and oxygen atoms in total. The Morgan fingerprint density at radius 1 is 1.28 bits per heavy atom. The second-order valence-electron chi connectivity index (χ2n) is 7.40. The van der Waals surface area contributed by atoms with Crippen LogP contribution in [0.15, 0.2) is 18.5 Å². The van der Waals surface area contributed by atoms with Crippen molar-refractivity contribution in [3.63, 3.8) is 0 Å². The molecular formula is C19H32N4O2. The summed E-state index contributed by atoms with van der Waals surface area (Å²) < 4.78 is 7.82. The zero-order valence-corrected chi connectivity index (χ0v) is 15.5. The van der Waals surface area contributed by atoms with E-state index in [2.05, 4.69) is 16.9 Å². The monoisotopic (exact) mass is 348 g/mol. The minimum absolute atomic E-state index is 0.0396. The lowest BCUT2D eigenvalue weighted by Gasteiger charge is -2.32. The van der Waals surface area contributed by atoms with Crippen molar-refractivity contribution in [2.75, 3.05) is 39.3 Å². The van der Waals surface area contributed by atoms with Gasteiger partial charge in [0, 0.05) is 38.5 Å². The molecule has 0 aromatic carbocycles. The molecule has 0 unspecified atom stereocenters. The topological polar surface area (TPSA) is 50.6 Å². The highest BCUT2D eigenvalue weighted by molar-refractivity contribution is 5.76. The Bertz CT molecular complexity index is 512. The van der Waals surface area contributed by atoms with E-state index in [-0.39, 0.29) is 6.10 Å². The quantitative estimate of drug-likeness (QED) is 0.789. The number of hydrogen-bond donors (Lipinski definition) is 0. The molecule has 6 heteroatoms. The molecular weight excluding hydrogens is 316 g/mol. The maximum atomic E-state index is 12.8. The highest BCUT2D eigenvalue weighted by Crippen LogP contribution is 2.22. The van der Waals surface area contributed by atoms with Gasteiger partial charge in [-0.25, -0.2) is 0 Å². The summed E-state index contributed by atoms with van der Waals surface area (Å²) in [6.45, 7) is 8.68. The molecule has 2 aliphatic heterocycles. The Hall–Kier alpha value is -1.40. The van der Waals surface area contributed by atoms with Crippen LogP contribution in [0.25, 0.3) is 0 Å². The van der Waals surface area contributed by atoms with E-state index in [1.165, 1.54) is 13.0 Å². The lowest BCUT2D eigenvalue weighted by atomic mass is 9.93. The first-order chi connectivity index (χ1) is 12.2. The number of nitrogens with zero attached hydrogens (tertiary/aromatic N) is 4. The van der Waals surface area contributed by atoms with Crippen LogP contribution in [0.3, 0.4) is 0 Å². The number of hydrogen-bond acceptors (Lipinski definition) is 4. The summed E-state index contributed by atoms with van der Waals surface area (Å²) in [5.74, 6) is 0.860. The van der Waals surface area contributed by atoms with Crippen molar-refractivity contribution < 1.29 is 9.53 Å². The van der Waals surface area contributed by atoms with Crippen LogP contribution in [-0.4, -0.2) is 70.9 Å². The van der Waals surface area contributed by atoms with Crippen molar-refractivity contribution in [2.24, 2.45) is 5.92 Å². The maximum Gasteiger partial charge on any atom is 0.222 e. The minimum Gasteiger partial charge on any atom is -0.374 e. The molecule has 0 bridgehead atoms. The van der Waals surface area contributed by atoms with Crippen LogP contribution in [-0.2, 0) is 16.1 Å². The smallest absolute Gasteiger partial charge is 0.222 e. The highest BCUT2D eigenvalue weighted by Gasteiger charge is 2.26. The fraction of sp³-hybridized carbons (Fsp3) is 0.789. The molecule has 1 aromatic rings. The Labute approximate surface area is 151 Å². The van der Waals surface area contributed by atoms with Crippen molar-refractivity contribution in [3.8, 4) is 0 Å². The second kappa shape index (κ2) is 9.34. The first-order valence-electron chi connectivity index (χ1n) is 9.83. The van der Waals surface area contributed by atoms with Gasteiger partial charge in [-0.15, -0.1) is 0 Å². The molecule has 0 radical (unpaired) electrons. The Morgan fingerprint density at radius 2 is 2.12 bits per heavy atom. The van der Waals surface area contributed by atoms with Gasteiger partial charge in [-0.05, 0) is 57.3 Å². The standard InChI is InChI=1S/C19H32N4O2/c1-2-8-21-11-5-17(6-12-21)14-19(24)22-9-4-13-25-18(15-22)16-23-10-3-7-20-23/h3,7,10,17-18H,2,4-6,8-9,11-16H2,1H3/t18-/m1/s1. The molecule has 3 rings (SSSR count). The number of rotatable bonds is 6. The van der Waals surface area contributed by atoms with E-state index in [4.69, 9.17) is 4.74 Å². The van der Waals surface area contributed by atoms with Crippen LogP contribution in [0.2, 0.25) is 0 Å². The molecule has 0 aliphatic carbocycles. The van der Waals surface area contributed by atoms with E-state index in [1.807, 2.05) is 21.8 Å². The number of carbonyl (C=O) groups excluding carboxylic acids is 1. The van der Waals surface area contributed by atoms with Crippen molar-refractivity contribution in [2.45, 2.75) is 51.7 Å². The summed E-state index contributed by atoms with van der Waals surface area (Å²) in [6.07, 6.45) is 8.94. The number of ether oxygens (including phenoxy) is 1. The van der Waals surface area contributed by atoms with Crippen LogP contribution < -0.4 is 0 Å². The molecule has 25 heavy (non-hydrogen) atoms. The van der Waals surface area contributed by atoms with Crippen molar-refractivity contribution >= 4 is 5.91 Å². The average Bonchev–Trinajstić information content (AvgIpc) is 3.01. The molecule has 140 valence electrons. The van der Waals surface area contributed by atoms with Gasteiger partial charge in [-0.3, -0.25) is 9.48 Å². The summed E-state index contributed by atoms with van der Waals surface area (Å²) in [5, 5.41) is 4.26. The van der Waals surface area contributed by atoms with Crippen molar-refractivity contribution in [3.05, 3.63) is 18.5 Å². The van der Waals surface area contributed by atoms with Crippen molar-refractivity contribution in [1.29, 1.82) is 0 Å². The summed E-state index contributed by atoms with van der Waals surface area (Å²) >= 11 is 0. The van der Waals surface area contributed by atoms with Crippen LogP contribution >= 0.6 is 0 Å². The zero-order valence-electron chi connectivity index (χ0n) is 15.5. The largest absolute Gasteiger partial charge is 0.374 e. The van der Waals surface area contributed by atoms with Gasteiger partial charge in [-0.1, -0.05) is 6.92 Å². The summed E-state index contributed by atoms with van der Waals surface area (Å²) in [6, 6.07) is 1.92. The van der Waals surface area contributed by atoms with Gasteiger partial charge in [0.2, 0.25) is 5.91 Å². The van der Waals surface area contributed by atoms with E-state index in [9.17, 15) is 4.79 Å². The lowest BCUT2D eigenvalue weighted by molar-refractivity contribution is -0.133. The zero-order chi connectivity index (χ0) is 17.5. The first kappa shape index (κ1) is 18.4. The van der Waals surface area contributed by atoms with Gasteiger partial charge in [0.05, 0.1) is 12.6 Å². The molecule has 1 aromatic heterocycles. The minimum atomic E-state index is 0.0396. The number of piperidine rings is 1. The Morgan fingerprint density at radius 3 is 2.84 bits per heavy atom. The number of likely N-dealkylation sites (tertiary alicyclic amines) is 1.